The first-order chi connectivity index (χ1) is 13.9. The predicted octanol–water partition coefficient (Wildman–Crippen LogP) is 1.71. The van der Waals surface area contributed by atoms with Crippen LogP contribution in [0.1, 0.15) is 52.3 Å². The van der Waals surface area contributed by atoms with Crippen LogP contribution in [-0.4, -0.2) is 40.4 Å². The molecule has 5 N–H and O–H groups in total. The van der Waals surface area contributed by atoms with Gasteiger partial charge in [0.2, 0.25) is 11.7 Å². The zero-order chi connectivity index (χ0) is 21.0. The number of halogens is 1. The van der Waals surface area contributed by atoms with Crippen LogP contribution in [0.4, 0.5) is 5.69 Å². The van der Waals surface area contributed by atoms with Gasteiger partial charge in [-0.25, -0.2) is 0 Å². The van der Waals surface area contributed by atoms with Gasteiger partial charge in [0.05, 0.1) is 0 Å². The predicted molar refractivity (Wildman–Crippen MR) is 106 cm³/mol. The number of nitrogens with zero attached hydrogens (tertiary/aromatic N) is 2. The van der Waals surface area contributed by atoms with E-state index in [9.17, 15) is 14.4 Å². The molecule has 1 heterocycles. The van der Waals surface area contributed by atoms with Crippen molar-refractivity contribution in [1.29, 1.82) is 0 Å². The van der Waals surface area contributed by atoms with E-state index in [1.807, 2.05) is 0 Å². The van der Waals surface area contributed by atoms with Crippen molar-refractivity contribution in [2.24, 2.45) is 5.73 Å². The fourth-order valence-corrected chi connectivity index (χ4v) is 3.52. The van der Waals surface area contributed by atoms with Crippen molar-refractivity contribution in [3.8, 4) is 0 Å². The number of amides is 3. The molecule has 0 unspecified atom stereocenters. The molecule has 1 saturated carbocycles. The molecule has 3 amide bonds. The molecule has 1 aromatic heterocycles. The number of carbonyl (C=O) groups is 3. The smallest absolute Gasteiger partial charge is 0.295 e. The van der Waals surface area contributed by atoms with Crippen LogP contribution in [0.15, 0.2) is 28.8 Å². The van der Waals surface area contributed by atoms with Crippen LogP contribution in [0.25, 0.3) is 0 Å². The summed E-state index contributed by atoms with van der Waals surface area (Å²) in [4.78, 5) is 38.1. The average Bonchev–Trinajstić information content (AvgIpc) is 3.31. The lowest BCUT2D eigenvalue weighted by Gasteiger charge is -2.23. The Balaban J connectivity index is 1.83. The summed E-state index contributed by atoms with van der Waals surface area (Å²) < 4.78 is 4.95. The van der Waals surface area contributed by atoms with Gasteiger partial charge >= 0.3 is 0 Å². The molecule has 2 aromatic rings. The van der Waals surface area contributed by atoms with Crippen LogP contribution < -0.4 is 16.8 Å². The number of benzene rings is 1. The maximum atomic E-state index is 13.0. The van der Waals surface area contributed by atoms with E-state index in [0.29, 0.717) is 10.6 Å². The van der Waals surface area contributed by atoms with E-state index >= 15 is 0 Å². The van der Waals surface area contributed by atoms with E-state index in [-0.39, 0.29) is 42.2 Å². The largest absolute Gasteiger partial charge is 0.393 e. The van der Waals surface area contributed by atoms with Crippen LogP contribution in [0, 0.1) is 0 Å². The van der Waals surface area contributed by atoms with Crippen molar-refractivity contribution < 1.29 is 18.9 Å². The van der Waals surface area contributed by atoms with E-state index in [2.05, 4.69) is 10.5 Å². The molecule has 10 heteroatoms. The van der Waals surface area contributed by atoms with E-state index in [4.69, 9.17) is 27.6 Å². The quantitative estimate of drug-likeness (QED) is 0.622. The lowest BCUT2D eigenvalue weighted by Crippen LogP contribution is -2.43. The second-order valence-electron chi connectivity index (χ2n) is 6.94. The van der Waals surface area contributed by atoms with E-state index in [1.165, 1.54) is 4.90 Å². The van der Waals surface area contributed by atoms with E-state index in [0.717, 1.165) is 25.7 Å². The molecular weight excluding hydrogens is 398 g/mol. The third kappa shape index (κ3) is 4.86. The first-order valence-corrected chi connectivity index (χ1v) is 9.61. The molecule has 0 aliphatic heterocycles. The van der Waals surface area contributed by atoms with Gasteiger partial charge in [0.1, 0.15) is 12.2 Å². The molecule has 9 nitrogen and oxygen atoms in total. The fraction of sp³-hybridized carbons (Fsp3) is 0.368. The molecule has 1 fully saturated rings. The van der Waals surface area contributed by atoms with Gasteiger partial charge in [0.25, 0.3) is 11.8 Å². The van der Waals surface area contributed by atoms with Crippen LogP contribution >= 0.6 is 11.6 Å². The van der Waals surface area contributed by atoms with Gasteiger partial charge in [-0.05, 0) is 24.5 Å². The van der Waals surface area contributed by atoms with Crippen molar-refractivity contribution in [3.05, 3.63) is 46.3 Å². The average molecular weight is 420 g/mol. The number of nitrogens with two attached hydrogens (primary N) is 2. The number of carbonyl (C=O) groups excluding carboxylic acids is 3. The zero-order valence-corrected chi connectivity index (χ0v) is 16.4. The minimum absolute atomic E-state index is 0.0443. The zero-order valence-electron chi connectivity index (χ0n) is 15.7. The Morgan fingerprint density at radius 3 is 2.55 bits per heavy atom. The molecule has 1 aromatic carbocycles. The summed E-state index contributed by atoms with van der Waals surface area (Å²) in [5, 5.41) is 6.84. The third-order valence-corrected chi connectivity index (χ3v) is 5.19. The molecule has 1 aliphatic carbocycles. The summed E-state index contributed by atoms with van der Waals surface area (Å²) in [6, 6.07) is 7.08. The highest BCUT2D eigenvalue weighted by molar-refractivity contribution is 6.31. The molecule has 0 bridgehead atoms. The summed E-state index contributed by atoms with van der Waals surface area (Å²) in [6.45, 7) is -0.185. The monoisotopic (exact) mass is 419 g/mol. The Bertz CT molecular complexity index is 923. The third-order valence-electron chi connectivity index (χ3n) is 4.82. The van der Waals surface area contributed by atoms with Gasteiger partial charge in [0, 0.05) is 17.6 Å². The van der Waals surface area contributed by atoms with Crippen molar-refractivity contribution in [3.63, 3.8) is 0 Å². The standard InChI is InChI=1S/C19H22ClN5O4/c20-13-8-4-1-5-11(13)9-25(10-14(26)23-12-6-2-3-7-12)19(28)17-15(21)16(18(22)27)24-29-17/h1,4-5,8,12H,2-3,6-7,9-10,21H2,(H2,22,27)(H,23,26). The highest BCUT2D eigenvalue weighted by Crippen LogP contribution is 2.22. The Hall–Kier alpha value is -3.07. The molecule has 0 saturated heterocycles. The molecular formula is C19H22ClN5O4. The number of hydrogen-bond donors (Lipinski definition) is 3. The van der Waals surface area contributed by atoms with Crippen LogP contribution in [-0.2, 0) is 11.3 Å². The maximum Gasteiger partial charge on any atom is 0.295 e. The van der Waals surface area contributed by atoms with E-state index < -0.39 is 11.8 Å². The number of nitrogens with one attached hydrogen (secondary N) is 1. The number of primary amides is 1. The lowest BCUT2D eigenvalue weighted by atomic mass is 10.2. The topological polar surface area (TPSA) is 145 Å². The van der Waals surface area contributed by atoms with Crippen molar-refractivity contribution in [2.75, 3.05) is 12.3 Å². The van der Waals surface area contributed by atoms with Gasteiger partial charge in [-0.3, -0.25) is 14.4 Å². The molecule has 1 aliphatic rings. The molecule has 0 atom stereocenters. The minimum atomic E-state index is -0.915. The number of aromatic nitrogens is 1. The second kappa shape index (κ2) is 8.95. The Morgan fingerprint density at radius 1 is 1.24 bits per heavy atom. The first-order valence-electron chi connectivity index (χ1n) is 9.23. The first kappa shape index (κ1) is 20.7. The highest BCUT2D eigenvalue weighted by Gasteiger charge is 2.29. The summed E-state index contributed by atoms with van der Waals surface area (Å²) in [5.41, 5.74) is 11.0. The number of hydrogen-bond acceptors (Lipinski definition) is 6. The Morgan fingerprint density at radius 2 is 1.93 bits per heavy atom. The second-order valence-corrected chi connectivity index (χ2v) is 7.35. The fourth-order valence-electron chi connectivity index (χ4n) is 3.32. The minimum Gasteiger partial charge on any atom is -0.393 e. The normalized spacial score (nSPS) is 14.0. The highest BCUT2D eigenvalue weighted by atomic mass is 35.5. The van der Waals surface area contributed by atoms with Gasteiger partial charge in [-0.2, -0.15) is 0 Å². The Kier molecular flexibility index (Phi) is 6.38. The van der Waals surface area contributed by atoms with Gasteiger partial charge in [0.15, 0.2) is 5.69 Å². The molecule has 154 valence electrons. The Labute approximate surface area is 172 Å². The van der Waals surface area contributed by atoms with Crippen LogP contribution in [0.5, 0.6) is 0 Å². The van der Waals surface area contributed by atoms with Crippen molar-refractivity contribution >= 4 is 35.0 Å². The number of anilines is 1. The van der Waals surface area contributed by atoms with Gasteiger partial charge in [-0.15, -0.1) is 0 Å². The number of nitrogen functional groups attached to an aromatic ring is 1. The van der Waals surface area contributed by atoms with E-state index in [1.54, 1.807) is 24.3 Å². The molecule has 3 rings (SSSR count). The summed E-state index contributed by atoms with van der Waals surface area (Å²) in [5.74, 6) is -2.25. The lowest BCUT2D eigenvalue weighted by molar-refractivity contribution is -0.122. The summed E-state index contributed by atoms with van der Waals surface area (Å²) in [6.07, 6.45) is 3.97. The van der Waals surface area contributed by atoms with Gasteiger partial charge < -0.3 is 26.2 Å². The molecule has 0 radical (unpaired) electrons. The van der Waals surface area contributed by atoms with Crippen molar-refractivity contribution in [2.45, 2.75) is 38.3 Å². The van der Waals surface area contributed by atoms with Crippen molar-refractivity contribution in [1.82, 2.24) is 15.4 Å². The van der Waals surface area contributed by atoms with Gasteiger partial charge in [-0.1, -0.05) is 47.8 Å². The van der Waals surface area contributed by atoms with Crippen LogP contribution in [0.3, 0.4) is 0 Å². The molecule has 0 spiro atoms. The number of rotatable bonds is 7. The summed E-state index contributed by atoms with van der Waals surface area (Å²) >= 11 is 6.21. The SMILES string of the molecule is NC(=O)c1noc(C(=O)N(CC(=O)NC2CCCC2)Cc2ccccc2Cl)c1N. The molecule has 29 heavy (non-hydrogen) atoms. The summed E-state index contributed by atoms with van der Waals surface area (Å²) in [7, 11) is 0. The van der Waals surface area contributed by atoms with Crippen LogP contribution in [0.2, 0.25) is 5.02 Å². The maximum absolute atomic E-state index is 13.0.